The summed E-state index contributed by atoms with van der Waals surface area (Å²) >= 11 is 3.40. The number of nitrogens with zero attached hydrogens (tertiary/aromatic N) is 3. The zero-order valence-corrected chi connectivity index (χ0v) is 25.5. The minimum atomic E-state index is -4.04. The number of anilines is 1. The van der Waals surface area contributed by atoms with Gasteiger partial charge in [-0.25, -0.2) is 8.42 Å². The van der Waals surface area contributed by atoms with Crippen LogP contribution in [0.3, 0.4) is 0 Å². The van der Waals surface area contributed by atoms with Crippen molar-refractivity contribution in [2.45, 2.75) is 45.3 Å². The van der Waals surface area contributed by atoms with Gasteiger partial charge in [-0.1, -0.05) is 71.4 Å². The van der Waals surface area contributed by atoms with Crippen LogP contribution in [0.5, 0.6) is 0 Å². The number of nitrogens with one attached hydrogen (secondary N) is 1. The van der Waals surface area contributed by atoms with Crippen molar-refractivity contribution in [3.63, 3.8) is 0 Å². The summed E-state index contributed by atoms with van der Waals surface area (Å²) in [5, 5.41) is 14.3. The predicted molar refractivity (Wildman–Crippen MR) is 162 cm³/mol. The molecule has 0 unspecified atom stereocenters. The van der Waals surface area contributed by atoms with E-state index in [2.05, 4.69) is 21.2 Å². The van der Waals surface area contributed by atoms with Gasteiger partial charge in [-0.2, -0.15) is 0 Å². The quantitative estimate of drug-likeness (QED) is 0.212. The fourth-order valence-electron chi connectivity index (χ4n) is 4.16. The van der Waals surface area contributed by atoms with Crippen LogP contribution in [0.25, 0.3) is 0 Å². The Morgan fingerprint density at radius 2 is 1.66 bits per heavy atom. The maximum atomic E-state index is 14.1. The monoisotopic (exact) mass is 644 g/mol. The Balaban J connectivity index is 2.07. The number of carbonyl (C=O) groups is 2. The number of sulfonamides is 1. The normalized spacial score (nSPS) is 12.7. The molecule has 0 aliphatic rings. The number of benzene rings is 3. The molecule has 0 heterocycles. The second kappa shape index (κ2) is 14.2. The molecule has 0 fully saturated rings. The number of non-ortho nitro benzene ring substituents is 1. The Kier molecular flexibility index (Phi) is 11.0. The van der Waals surface area contributed by atoms with E-state index in [0.29, 0.717) is 6.42 Å². The first-order valence-corrected chi connectivity index (χ1v) is 15.6. The largest absolute Gasteiger partial charge is 0.352 e. The lowest BCUT2D eigenvalue weighted by Gasteiger charge is -2.34. The summed E-state index contributed by atoms with van der Waals surface area (Å²) in [6.07, 6.45) is 1.80. The van der Waals surface area contributed by atoms with Gasteiger partial charge in [-0.15, -0.1) is 0 Å². The van der Waals surface area contributed by atoms with Gasteiger partial charge in [0.25, 0.3) is 5.69 Å². The third kappa shape index (κ3) is 9.12. The molecule has 0 aliphatic carbocycles. The summed E-state index contributed by atoms with van der Waals surface area (Å²) in [4.78, 5) is 39.8. The van der Waals surface area contributed by atoms with Gasteiger partial charge in [-0.05, 0) is 42.7 Å². The molecule has 41 heavy (non-hydrogen) atoms. The summed E-state index contributed by atoms with van der Waals surface area (Å²) in [5.74, 6) is -1.000. The van der Waals surface area contributed by atoms with E-state index < -0.39 is 33.4 Å². The van der Waals surface area contributed by atoms with Gasteiger partial charge in [0.2, 0.25) is 21.8 Å². The molecule has 0 radical (unpaired) electrons. The van der Waals surface area contributed by atoms with E-state index in [-0.39, 0.29) is 36.3 Å². The van der Waals surface area contributed by atoms with Crippen molar-refractivity contribution in [1.82, 2.24) is 10.2 Å². The Hall–Kier alpha value is -3.77. The topological polar surface area (TPSA) is 130 Å². The summed E-state index contributed by atoms with van der Waals surface area (Å²) in [5.41, 5.74) is 1.22. The molecule has 0 aliphatic heterocycles. The van der Waals surface area contributed by atoms with Gasteiger partial charge in [0, 0.05) is 35.6 Å². The average molecular weight is 646 g/mol. The van der Waals surface area contributed by atoms with Gasteiger partial charge in [0.15, 0.2) is 0 Å². The molecule has 0 saturated heterocycles. The maximum Gasteiger partial charge on any atom is 0.271 e. The molecule has 0 spiro atoms. The van der Waals surface area contributed by atoms with Crippen LogP contribution < -0.4 is 9.62 Å². The van der Waals surface area contributed by atoms with Crippen LogP contribution in [0, 0.1) is 10.1 Å². The number of hydrogen-bond acceptors (Lipinski definition) is 6. The first-order valence-electron chi connectivity index (χ1n) is 13.0. The standard InChI is InChI=1S/C29H33BrN4O6S/c1-4-21(2)31-29(36)27(17-22-9-6-5-7-10-22)32(19-23-13-15-24(30)16-14-23)28(35)20-33(41(3,39)40)25-11-8-12-26(18-25)34(37)38/h5-16,18,21,27H,4,17,19-20H2,1-3H3,(H,31,36)/t21-,27+/m0/s1. The Morgan fingerprint density at radius 1 is 1.00 bits per heavy atom. The molecule has 3 aromatic carbocycles. The number of rotatable bonds is 13. The lowest BCUT2D eigenvalue weighted by molar-refractivity contribution is -0.384. The van der Waals surface area contributed by atoms with Crippen LogP contribution in [-0.4, -0.2) is 54.9 Å². The molecule has 2 atom stereocenters. The van der Waals surface area contributed by atoms with E-state index in [1.807, 2.05) is 68.4 Å². The minimum Gasteiger partial charge on any atom is -0.352 e. The summed E-state index contributed by atoms with van der Waals surface area (Å²) in [6, 6.07) is 20.5. The molecule has 0 aromatic heterocycles. The fourth-order valence-corrected chi connectivity index (χ4v) is 5.26. The van der Waals surface area contributed by atoms with E-state index >= 15 is 0 Å². The van der Waals surface area contributed by atoms with Gasteiger partial charge in [0.1, 0.15) is 12.6 Å². The molecule has 2 amide bonds. The van der Waals surface area contributed by atoms with Crippen LogP contribution in [0.1, 0.15) is 31.4 Å². The van der Waals surface area contributed by atoms with E-state index in [1.54, 1.807) is 0 Å². The van der Waals surface area contributed by atoms with Gasteiger partial charge in [-0.3, -0.25) is 24.0 Å². The molecule has 3 aromatic rings. The van der Waals surface area contributed by atoms with Crippen LogP contribution in [-0.2, 0) is 32.6 Å². The molecule has 3 rings (SSSR count). The fraction of sp³-hybridized carbons (Fsp3) is 0.310. The van der Waals surface area contributed by atoms with Gasteiger partial charge >= 0.3 is 0 Å². The summed E-state index contributed by atoms with van der Waals surface area (Å²) < 4.78 is 27.4. The van der Waals surface area contributed by atoms with Crippen LogP contribution >= 0.6 is 15.9 Å². The lowest BCUT2D eigenvalue weighted by atomic mass is 10.0. The Bertz CT molecular complexity index is 1470. The number of hydrogen-bond donors (Lipinski definition) is 1. The zero-order chi connectivity index (χ0) is 30.2. The highest BCUT2D eigenvalue weighted by molar-refractivity contribution is 9.10. The lowest BCUT2D eigenvalue weighted by Crippen LogP contribution is -2.54. The van der Waals surface area contributed by atoms with Crippen molar-refractivity contribution in [2.75, 3.05) is 17.1 Å². The number of nitro benzene ring substituents is 1. The van der Waals surface area contributed by atoms with Crippen molar-refractivity contribution < 1.29 is 22.9 Å². The van der Waals surface area contributed by atoms with Crippen molar-refractivity contribution >= 4 is 49.1 Å². The molecule has 12 heteroatoms. The third-order valence-corrected chi connectivity index (χ3v) is 8.22. The highest BCUT2D eigenvalue weighted by atomic mass is 79.9. The minimum absolute atomic E-state index is 0.0256. The maximum absolute atomic E-state index is 14.1. The molecule has 10 nitrogen and oxygen atoms in total. The molecular formula is C29H33BrN4O6S. The summed E-state index contributed by atoms with van der Waals surface area (Å²) in [6.45, 7) is 3.18. The van der Waals surface area contributed by atoms with E-state index in [0.717, 1.165) is 32.2 Å². The Labute approximate surface area is 248 Å². The molecule has 1 N–H and O–H groups in total. The highest BCUT2D eigenvalue weighted by Crippen LogP contribution is 2.24. The first-order chi connectivity index (χ1) is 19.4. The van der Waals surface area contributed by atoms with Gasteiger partial charge in [0.05, 0.1) is 16.9 Å². The number of nitro groups is 1. The second-order valence-electron chi connectivity index (χ2n) is 9.72. The van der Waals surface area contributed by atoms with Crippen molar-refractivity contribution in [2.24, 2.45) is 0 Å². The van der Waals surface area contributed by atoms with Crippen LogP contribution in [0.2, 0.25) is 0 Å². The smallest absolute Gasteiger partial charge is 0.271 e. The van der Waals surface area contributed by atoms with E-state index in [4.69, 9.17) is 0 Å². The molecular weight excluding hydrogens is 612 g/mol. The second-order valence-corrected chi connectivity index (χ2v) is 12.5. The van der Waals surface area contributed by atoms with E-state index in [1.165, 1.54) is 23.1 Å². The Morgan fingerprint density at radius 3 is 2.24 bits per heavy atom. The SMILES string of the molecule is CC[C@H](C)NC(=O)[C@@H](Cc1ccccc1)N(Cc1ccc(Br)cc1)C(=O)CN(c1cccc([N+](=O)[O-])c1)S(C)(=O)=O. The van der Waals surface area contributed by atoms with E-state index in [9.17, 15) is 28.1 Å². The number of carbonyl (C=O) groups excluding carboxylic acids is 2. The van der Waals surface area contributed by atoms with Crippen molar-refractivity contribution in [3.8, 4) is 0 Å². The van der Waals surface area contributed by atoms with Crippen molar-refractivity contribution in [3.05, 3.63) is 105 Å². The highest BCUT2D eigenvalue weighted by Gasteiger charge is 2.33. The van der Waals surface area contributed by atoms with Crippen LogP contribution in [0.15, 0.2) is 83.3 Å². The van der Waals surface area contributed by atoms with Gasteiger partial charge < -0.3 is 10.2 Å². The van der Waals surface area contributed by atoms with Crippen LogP contribution in [0.4, 0.5) is 11.4 Å². The first kappa shape index (κ1) is 31.8. The molecule has 0 saturated carbocycles. The zero-order valence-electron chi connectivity index (χ0n) is 23.1. The number of amides is 2. The molecule has 0 bridgehead atoms. The predicted octanol–water partition coefficient (Wildman–Crippen LogP) is 4.68. The average Bonchev–Trinajstić information content (AvgIpc) is 2.94. The number of halogens is 1. The summed E-state index contributed by atoms with van der Waals surface area (Å²) in [7, 11) is -4.04. The molecule has 218 valence electrons. The van der Waals surface area contributed by atoms with Crippen molar-refractivity contribution in [1.29, 1.82) is 0 Å². The third-order valence-electron chi connectivity index (χ3n) is 6.55.